The van der Waals surface area contributed by atoms with Crippen LogP contribution in [-0.2, 0) is 20.8 Å². The third kappa shape index (κ3) is 3.29. The number of hydrogen-bond acceptors (Lipinski definition) is 9. The number of carbonyl (C=O) groups is 3. The van der Waals surface area contributed by atoms with Crippen LogP contribution in [-0.4, -0.2) is 68.5 Å². The van der Waals surface area contributed by atoms with Gasteiger partial charge in [0.1, 0.15) is 22.8 Å². The van der Waals surface area contributed by atoms with E-state index >= 15 is 0 Å². The number of rotatable bonds is 3. The number of primary amides is 1. The molecular formula is C27H27N3O7. The molecule has 0 spiro atoms. The molecule has 3 aliphatic carbocycles. The Balaban J connectivity index is 1.75. The van der Waals surface area contributed by atoms with Gasteiger partial charge in [-0.05, 0) is 67.7 Å². The second-order valence-electron chi connectivity index (χ2n) is 10.1. The predicted octanol–water partition coefficient (Wildman–Crippen LogP) is 1.21. The van der Waals surface area contributed by atoms with Crippen molar-refractivity contribution in [2.75, 3.05) is 19.8 Å². The van der Waals surface area contributed by atoms with Crippen LogP contribution in [0.2, 0.25) is 0 Å². The molecular weight excluding hydrogens is 478 g/mol. The van der Waals surface area contributed by atoms with Gasteiger partial charge in [0, 0.05) is 17.2 Å². The molecule has 1 saturated carbocycles. The average molecular weight is 506 g/mol. The minimum Gasteiger partial charge on any atom is -0.508 e. The number of likely N-dealkylation sites (N-methyl/N-ethyl adjacent to an activating group) is 1. The fourth-order valence-electron chi connectivity index (χ4n) is 6.22. The highest BCUT2D eigenvalue weighted by Crippen LogP contribution is 2.53. The first-order chi connectivity index (χ1) is 17.4. The fourth-order valence-corrected chi connectivity index (χ4v) is 6.22. The molecule has 5 rings (SSSR count). The lowest BCUT2D eigenvalue weighted by Crippen LogP contribution is -2.65. The maximum atomic E-state index is 13.9. The summed E-state index contributed by atoms with van der Waals surface area (Å²) in [6, 6.07) is 9.05. The summed E-state index contributed by atoms with van der Waals surface area (Å²) >= 11 is 0. The van der Waals surface area contributed by atoms with Crippen molar-refractivity contribution in [3.63, 3.8) is 0 Å². The topological polar surface area (TPSA) is 187 Å². The van der Waals surface area contributed by atoms with Crippen molar-refractivity contribution in [1.29, 1.82) is 0 Å². The van der Waals surface area contributed by atoms with Gasteiger partial charge in [-0.2, -0.15) is 0 Å². The predicted molar refractivity (Wildman–Crippen MR) is 134 cm³/mol. The monoisotopic (exact) mass is 505 g/mol. The number of benzene rings is 2. The van der Waals surface area contributed by atoms with Gasteiger partial charge in [-0.15, -0.1) is 0 Å². The van der Waals surface area contributed by atoms with Crippen LogP contribution in [0.3, 0.4) is 0 Å². The SMILES string of the molecule is CN(C)[C@H]1C(=O)C(C(N)=O)=C(O)[C@@]2(O)C(=O)C3=C(O)c4c(O)ccc(-c5cccc(N)c5)c4C[C@H]3C[C@@H]12. The first-order valence-corrected chi connectivity index (χ1v) is 11.7. The van der Waals surface area contributed by atoms with Gasteiger partial charge in [-0.3, -0.25) is 19.3 Å². The number of nitrogens with two attached hydrogens (primary N) is 2. The molecule has 2 aromatic carbocycles. The summed E-state index contributed by atoms with van der Waals surface area (Å²) in [5, 5.41) is 44.5. The molecule has 0 bridgehead atoms. The quantitative estimate of drug-likeness (QED) is 0.263. The lowest BCUT2D eigenvalue weighted by Gasteiger charge is -2.50. The zero-order valence-electron chi connectivity index (χ0n) is 20.2. The number of aliphatic hydroxyl groups is 3. The van der Waals surface area contributed by atoms with E-state index in [0.29, 0.717) is 16.8 Å². The first-order valence-electron chi connectivity index (χ1n) is 11.7. The largest absolute Gasteiger partial charge is 0.508 e. The van der Waals surface area contributed by atoms with E-state index in [1.807, 2.05) is 6.07 Å². The highest BCUT2D eigenvalue weighted by molar-refractivity contribution is 6.24. The van der Waals surface area contributed by atoms with Crippen LogP contribution < -0.4 is 11.5 Å². The molecule has 10 nitrogen and oxygen atoms in total. The second-order valence-corrected chi connectivity index (χ2v) is 10.1. The number of nitrogens with zero attached hydrogens (tertiary/aromatic N) is 1. The van der Waals surface area contributed by atoms with E-state index in [9.17, 15) is 34.8 Å². The summed E-state index contributed by atoms with van der Waals surface area (Å²) in [5.41, 5.74) is 10.2. The molecule has 1 fully saturated rings. The van der Waals surface area contributed by atoms with Crippen molar-refractivity contribution in [1.82, 2.24) is 4.90 Å². The van der Waals surface area contributed by atoms with E-state index in [-0.39, 0.29) is 29.7 Å². The third-order valence-corrected chi connectivity index (χ3v) is 7.80. The van der Waals surface area contributed by atoms with Gasteiger partial charge in [-0.25, -0.2) is 0 Å². The molecule has 1 amide bonds. The van der Waals surface area contributed by atoms with Crippen LogP contribution in [0.4, 0.5) is 5.69 Å². The summed E-state index contributed by atoms with van der Waals surface area (Å²) in [4.78, 5) is 40.6. The smallest absolute Gasteiger partial charge is 0.255 e. The van der Waals surface area contributed by atoms with E-state index in [2.05, 4.69) is 0 Å². The van der Waals surface area contributed by atoms with Crippen molar-refractivity contribution in [2.45, 2.75) is 24.5 Å². The summed E-state index contributed by atoms with van der Waals surface area (Å²) in [7, 11) is 3.12. The van der Waals surface area contributed by atoms with Gasteiger partial charge in [-0.1, -0.05) is 18.2 Å². The van der Waals surface area contributed by atoms with Crippen LogP contribution in [0.5, 0.6) is 5.75 Å². The molecule has 0 radical (unpaired) electrons. The van der Waals surface area contributed by atoms with Crippen molar-refractivity contribution in [3.05, 3.63) is 64.4 Å². The van der Waals surface area contributed by atoms with Gasteiger partial charge in [0.05, 0.1) is 11.6 Å². The number of Topliss-reactive ketones (excluding diaryl/α,β-unsaturated/α-hetero) is 2. The van der Waals surface area contributed by atoms with Gasteiger partial charge in [0.15, 0.2) is 11.4 Å². The molecule has 0 unspecified atom stereocenters. The van der Waals surface area contributed by atoms with Gasteiger partial charge >= 0.3 is 0 Å². The molecule has 37 heavy (non-hydrogen) atoms. The van der Waals surface area contributed by atoms with Crippen LogP contribution in [0, 0.1) is 11.8 Å². The Labute approximate surface area is 212 Å². The fraction of sp³-hybridized carbons (Fsp3) is 0.296. The van der Waals surface area contributed by atoms with Crippen LogP contribution in [0.25, 0.3) is 16.9 Å². The van der Waals surface area contributed by atoms with Crippen LogP contribution in [0.1, 0.15) is 17.5 Å². The van der Waals surface area contributed by atoms with Crippen molar-refractivity contribution in [2.24, 2.45) is 17.6 Å². The highest BCUT2D eigenvalue weighted by Gasteiger charge is 2.64. The molecule has 2 aromatic rings. The Morgan fingerprint density at radius 3 is 2.43 bits per heavy atom. The Morgan fingerprint density at radius 2 is 1.81 bits per heavy atom. The Bertz CT molecular complexity index is 1460. The normalized spacial score (nSPS) is 27.2. The highest BCUT2D eigenvalue weighted by atomic mass is 16.3. The second kappa shape index (κ2) is 8.19. The van der Waals surface area contributed by atoms with Gasteiger partial charge in [0.25, 0.3) is 5.91 Å². The van der Waals surface area contributed by atoms with E-state index in [0.717, 1.165) is 5.56 Å². The van der Waals surface area contributed by atoms with Gasteiger partial charge < -0.3 is 31.9 Å². The third-order valence-electron chi connectivity index (χ3n) is 7.80. The molecule has 8 N–H and O–H groups in total. The summed E-state index contributed by atoms with van der Waals surface area (Å²) in [6.45, 7) is 0. The molecule has 0 aliphatic heterocycles. The van der Waals surface area contributed by atoms with E-state index < -0.39 is 58.0 Å². The number of ketones is 2. The lowest BCUT2D eigenvalue weighted by atomic mass is 9.57. The Hall–Kier alpha value is -4.15. The van der Waals surface area contributed by atoms with Crippen LogP contribution in [0.15, 0.2) is 53.3 Å². The molecule has 192 valence electrons. The minimum atomic E-state index is -2.66. The van der Waals surface area contributed by atoms with Crippen molar-refractivity contribution < 1.29 is 34.8 Å². The minimum absolute atomic E-state index is 0.0256. The number of phenolic OH excluding ortho intramolecular Hbond substituents is 1. The summed E-state index contributed by atoms with van der Waals surface area (Å²) in [5.74, 6) is -6.78. The summed E-state index contributed by atoms with van der Waals surface area (Å²) in [6.07, 6.45) is 0.227. The molecule has 0 aromatic heterocycles. The number of carbonyl (C=O) groups excluding carboxylic acids is 3. The number of aromatic hydroxyl groups is 1. The zero-order valence-corrected chi connectivity index (χ0v) is 20.2. The molecule has 3 aliphatic rings. The van der Waals surface area contributed by atoms with Gasteiger partial charge in [0.2, 0.25) is 5.78 Å². The molecule has 4 atom stereocenters. The average Bonchev–Trinajstić information content (AvgIpc) is 2.81. The lowest BCUT2D eigenvalue weighted by molar-refractivity contribution is -0.153. The number of aliphatic hydroxyl groups excluding tert-OH is 2. The summed E-state index contributed by atoms with van der Waals surface area (Å²) < 4.78 is 0. The number of nitrogen functional groups attached to an aromatic ring is 1. The number of fused-ring (bicyclic) bond motifs is 3. The maximum absolute atomic E-state index is 13.9. The van der Waals surface area contributed by atoms with Crippen molar-refractivity contribution in [3.8, 4) is 16.9 Å². The Kier molecular flexibility index (Phi) is 5.43. The number of phenols is 1. The van der Waals surface area contributed by atoms with Crippen LogP contribution >= 0.6 is 0 Å². The maximum Gasteiger partial charge on any atom is 0.255 e. The molecule has 10 heteroatoms. The number of amides is 1. The number of hydrogen-bond donors (Lipinski definition) is 6. The molecule has 0 saturated heterocycles. The van der Waals surface area contributed by atoms with E-state index in [4.69, 9.17) is 11.5 Å². The first kappa shape index (κ1) is 24.5. The Morgan fingerprint density at radius 1 is 1.11 bits per heavy atom. The van der Waals surface area contributed by atoms with Crippen molar-refractivity contribution >= 4 is 28.9 Å². The standard InChI is InChI=1S/C27H27N3O7/c1-30(2)21-16-10-12-9-15-14(11-4-3-5-13(28)8-11)6-7-17(31)19(15)22(32)18(12)24(34)27(16,37)25(35)20(23(21)33)26(29)36/h3-8,12,16,21,31-32,35,37H,9-10,28H2,1-2H3,(H2,29,36)/t12-,16-,21+,27-/m0/s1. The number of anilines is 1. The molecule has 0 heterocycles. The van der Waals surface area contributed by atoms with E-state index in [1.165, 1.54) is 11.0 Å². The van der Waals surface area contributed by atoms with E-state index in [1.54, 1.807) is 38.4 Å². The zero-order chi connectivity index (χ0) is 27.0.